The van der Waals surface area contributed by atoms with Gasteiger partial charge < -0.3 is 13.7 Å². The van der Waals surface area contributed by atoms with E-state index in [4.69, 9.17) is 8.83 Å². The van der Waals surface area contributed by atoms with Crippen LogP contribution in [0.4, 0.5) is 0 Å². The fourth-order valence-electron chi connectivity index (χ4n) is 3.91. The number of hydrogen-bond donors (Lipinski definition) is 0. The standard InChI is InChI=1S/C17H21N3O3S/c21-15(20-9-3-6-12-5-1-2-7-13(12)20)11-24-17-19-18-16(23-17)14-8-4-10-22-14/h4,8,10,12-13H,1-3,5-7,9,11H2/t12-,13-/m1/s1. The van der Waals surface area contributed by atoms with Crippen LogP contribution >= 0.6 is 11.8 Å². The Balaban J connectivity index is 1.36. The number of nitrogens with zero attached hydrogens (tertiary/aromatic N) is 3. The third-order valence-corrected chi connectivity index (χ3v) is 5.82. The lowest BCUT2D eigenvalue weighted by Crippen LogP contribution is -2.50. The number of rotatable bonds is 4. The molecule has 2 fully saturated rings. The first-order chi connectivity index (χ1) is 11.8. The second-order valence-electron chi connectivity index (χ2n) is 6.48. The van der Waals surface area contributed by atoms with Gasteiger partial charge in [-0.3, -0.25) is 4.79 Å². The Morgan fingerprint density at radius 1 is 1.25 bits per heavy atom. The Morgan fingerprint density at radius 2 is 2.12 bits per heavy atom. The van der Waals surface area contributed by atoms with Crippen molar-refractivity contribution in [2.24, 2.45) is 5.92 Å². The third-order valence-electron chi connectivity index (χ3n) is 5.02. The van der Waals surface area contributed by atoms with Crippen molar-refractivity contribution in [1.29, 1.82) is 0 Å². The van der Waals surface area contributed by atoms with Crippen LogP contribution in [-0.2, 0) is 4.79 Å². The fraction of sp³-hybridized carbons (Fsp3) is 0.588. The molecular weight excluding hydrogens is 326 g/mol. The minimum atomic E-state index is 0.189. The highest BCUT2D eigenvalue weighted by Crippen LogP contribution is 2.35. The highest BCUT2D eigenvalue weighted by molar-refractivity contribution is 7.99. The van der Waals surface area contributed by atoms with Gasteiger partial charge in [0.2, 0.25) is 5.91 Å². The highest BCUT2D eigenvalue weighted by atomic mass is 32.2. The van der Waals surface area contributed by atoms with Gasteiger partial charge in [0.05, 0.1) is 12.0 Å². The van der Waals surface area contributed by atoms with Gasteiger partial charge in [0, 0.05) is 12.6 Å². The lowest BCUT2D eigenvalue weighted by atomic mass is 9.78. The predicted molar refractivity (Wildman–Crippen MR) is 89.4 cm³/mol. The van der Waals surface area contributed by atoms with Gasteiger partial charge in [-0.05, 0) is 43.7 Å². The van der Waals surface area contributed by atoms with Crippen molar-refractivity contribution in [3.8, 4) is 11.7 Å². The molecule has 6 nitrogen and oxygen atoms in total. The van der Waals surface area contributed by atoms with E-state index < -0.39 is 0 Å². The largest absolute Gasteiger partial charge is 0.459 e. The van der Waals surface area contributed by atoms with E-state index in [0.29, 0.717) is 34.6 Å². The van der Waals surface area contributed by atoms with E-state index >= 15 is 0 Å². The molecule has 2 aromatic rings. The molecule has 7 heteroatoms. The van der Waals surface area contributed by atoms with E-state index in [9.17, 15) is 4.79 Å². The number of fused-ring (bicyclic) bond motifs is 1. The topological polar surface area (TPSA) is 72.4 Å². The van der Waals surface area contributed by atoms with Crippen molar-refractivity contribution in [3.63, 3.8) is 0 Å². The Bertz CT molecular complexity index is 683. The van der Waals surface area contributed by atoms with Gasteiger partial charge in [0.1, 0.15) is 0 Å². The number of likely N-dealkylation sites (tertiary alicyclic amines) is 1. The van der Waals surface area contributed by atoms with Crippen LogP contribution in [0.25, 0.3) is 11.7 Å². The molecule has 1 saturated carbocycles. The van der Waals surface area contributed by atoms with Crippen LogP contribution in [-0.4, -0.2) is 39.3 Å². The number of carbonyl (C=O) groups is 1. The van der Waals surface area contributed by atoms with Crippen LogP contribution in [0.5, 0.6) is 0 Å². The second kappa shape index (κ2) is 7.01. The van der Waals surface area contributed by atoms with Crippen molar-refractivity contribution < 1.29 is 13.6 Å². The zero-order valence-electron chi connectivity index (χ0n) is 13.5. The maximum absolute atomic E-state index is 12.7. The molecule has 4 rings (SSSR count). The average Bonchev–Trinajstić information content (AvgIpc) is 3.30. The Kier molecular flexibility index (Phi) is 4.60. The van der Waals surface area contributed by atoms with Crippen molar-refractivity contribution in [2.45, 2.75) is 49.8 Å². The van der Waals surface area contributed by atoms with Gasteiger partial charge in [-0.15, -0.1) is 10.2 Å². The van der Waals surface area contributed by atoms with E-state index in [0.717, 1.165) is 19.4 Å². The van der Waals surface area contributed by atoms with Gasteiger partial charge in [-0.2, -0.15) is 0 Å². The summed E-state index contributed by atoms with van der Waals surface area (Å²) in [7, 11) is 0. The first kappa shape index (κ1) is 15.7. The molecule has 2 aliphatic rings. The molecule has 2 aromatic heterocycles. The van der Waals surface area contributed by atoms with Crippen LogP contribution < -0.4 is 0 Å². The second-order valence-corrected chi connectivity index (χ2v) is 7.41. The van der Waals surface area contributed by atoms with E-state index in [1.165, 1.54) is 37.4 Å². The number of thioether (sulfide) groups is 1. The van der Waals surface area contributed by atoms with Crippen molar-refractivity contribution >= 4 is 17.7 Å². The van der Waals surface area contributed by atoms with Crippen LogP contribution in [0.3, 0.4) is 0 Å². The summed E-state index contributed by atoms with van der Waals surface area (Å²) < 4.78 is 10.8. The van der Waals surface area contributed by atoms with Crippen molar-refractivity contribution in [1.82, 2.24) is 15.1 Å². The zero-order valence-corrected chi connectivity index (χ0v) is 14.3. The maximum atomic E-state index is 12.7. The summed E-state index contributed by atoms with van der Waals surface area (Å²) in [6.07, 6.45) is 8.96. The fourth-order valence-corrected chi connectivity index (χ4v) is 4.56. The number of piperidine rings is 1. The minimum absolute atomic E-state index is 0.189. The lowest BCUT2D eigenvalue weighted by Gasteiger charge is -2.44. The number of hydrogen-bond acceptors (Lipinski definition) is 6. The molecule has 1 amide bonds. The van der Waals surface area contributed by atoms with Crippen LogP contribution in [0.2, 0.25) is 0 Å². The van der Waals surface area contributed by atoms with E-state index in [1.54, 1.807) is 18.4 Å². The Labute approximate surface area is 145 Å². The van der Waals surface area contributed by atoms with Gasteiger partial charge in [0.15, 0.2) is 5.76 Å². The highest BCUT2D eigenvalue weighted by Gasteiger charge is 2.35. The molecule has 0 radical (unpaired) electrons. The molecular formula is C17H21N3O3S. The molecule has 1 saturated heterocycles. The minimum Gasteiger partial charge on any atom is -0.459 e. The number of aromatic nitrogens is 2. The first-order valence-electron chi connectivity index (χ1n) is 8.61. The van der Waals surface area contributed by atoms with Gasteiger partial charge in [0.25, 0.3) is 11.1 Å². The molecule has 24 heavy (non-hydrogen) atoms. The van der Waals surface area contributed by atoms with Crippen molar-refractivity contribution in [2.75, 3.05) is 12.3 Å². The third kappa shape index (κ3) is 3.22. The molecule has 1 aliphatic heterocycles. The molecule has 128 valence electrons. The summed E-state index contributed by atoms with van der Waals surface area (Å²) in [5, 5.41) is 8.35. The molecule has 1 aliphatic carbocycles. The molecule has 0 unspecified atom stereocenters. The summed E-state index contributed by atoms with van der Waals surface area (Å²) in [5.41, 5.74) is 0. The van der Waals surface area contributed by atoms with Crippen LogP contribution in [0, 0.1) is 5.92 Å². The van der Waals surface area contributed by atoms with Gasteiger partial charge >= 0.3 is 0 Å². The quantitative estimate of drug-likeness (QED) is 0.787. The summed E-state index contributed by atoms with van der Waals surface area (Å²) in [6, 6.07) is 3.98. The zero-order chi connectivity index (χ0) is 16.4. The summed E-state index contributed by atoms with van der Waals surface area (Å²) in [6.45, 7) is 0.891. The molecule has 0 N–H and O–H groups in total. The molecule has 0 aromatic carbocycles. The van der Waals surface area contributed by atoms with Crippen molar-refractivity contribution in [3.05, 3.63) is 18.4 Å². The summed E-state index contributed by atoms with van der Waals surface area (Å²) >= 11 is 1.31. The lowest BCUT2D eigenvalue weighted by molar-refractivity contribution is -0.134. The molecule has 0 bridgehead atoms. The van der Waals surface area contributed by atoms with Gasteiger partial charge in [-0.25, -0.2) is 0 Å². The summed E-state index contributed by atoms with van der Waals surface area (Å²) in [5.74, 6) is 2.13. The molecule has 2 atom stereocenters. The smallest absolute Gasteiger partial charge is 0.284 e. The number of furan rings is 1. The van der Waals surface area contributed by atoms with E-state index in [-0.39, 0.29) is 5.91 Å². The molecule has 3 heterocycles. The van der Waals surface area contributed by atoms with Gasteiger partial charge in [-0.1, -0.05) is 24.6 Å². The Hall–Kier alpha value is -1.76. The predicted octanol–water partition coefficient (Wildman–Crippen LogP) is 3.60. The average molecular weight is 347 g/mol. The first-order valence-corrected chi connectivity index (χ1v) is 9.59. The SMILES string of the molecule is O=C(CSc1nnc(-c2ccco2)o1)N1CCC[C@H]2CCCC[C@H]21. The van der Waals surface area contributed by atoms with E-state index in [2.05, 4.69) is 15.1 Å². The molecule has 0 spiro atoms. The van der Waals surface area contributed by atoms with Crippen LogP contribution in [0.15, 0.2) is 32.5 Å². The van der Waals surface area contributed by atoms with Crippen LogP contribution in [0.1, 0.15) is 38.5 Å². The number of amides is 1. The summed E-state index contributed by atoms with van der Waals surface area (Å²) in [4.78, 5) is 14.8. The Morgan fingerprint density at radius 3 is 3.00 bits per heavy atom. The monoisotopic (exact) mass is 347 g/mol. The van der Waals surface area contributed by atoms with E-state index in [1.807, 2.05) is 0 Å². The normalized spacial score (nSPS) is 23.9. The maximum Gasteiger partial charge on any atom is 0.284 e. The number of carbonyl (C=O) groups excluding carboxylic acids is 1.